The van der Waals surface area contributed by atoms with Gasteiger partial charge in [0, 0.05) is 22.3 Å². The van der Waals surface area contributed by atoms with E-state index in [2.05, 4.69) is 25.1 Å². The molecule has 39 heavy (non-hydrogen) atoms. The van der Waals surface area contributed by atoms with Crippen LogP contribution >= 0.6 is 15.0 Å². The summed E-state index contributed by atoms with van der Waals surface area (Å²) in [5.41, 5.74) is 9.18. The number of anilines is 3. The standard InChI is InChI=1S/C27H20N6O4P2/c28-25-29-26(32-38(34)23-15-7-3-11-19(23)17-9-1-5-13-21(17)36-38)31-27(30-25)33-39(35)24-16-8-4-12-20(24)18-10-2-6-14-22(18)37-39/h1-16H,(H4,28,29,30,31,32,33,34,35). The highest BCUT2D eigenvalue weighted by Crippen LogP contribution is 2.55. The Morgan fingerprint density at radius 1 is 0.538 bits per heavy atom. The molecule has 0 fully saturated rings. The lowest BCUT2D eigenvalue weighted by Gasteiger charge is -2.29. The van der Waals surface area contributed by atoms with Crippen LogP contribution in [0.1, 0.15) is 0 Å². The van der Waals surface area contributed by atoms with Crippen molar-refractivity contribution >= 4 is 43.5 Å². The zero-order valence-electron chi connectivity index (χ0n) is 20.2. The van der Waals surface area contributed by atoms with E-state index in [4.69, 9.17) is 14.8 Å². The fourth-order valence-corrected chi connectivity index (χ4v) is 8.47. The number of aromatic nitrogens is 3. The quantitative estimate of drug-likeness (QED) is 0.246. The Hall–Kier alpha value is -4.65. The van der Waals surface area contributed by atoms with Gasteiger partial charge in [0.1, 0.15) is 11.5 Å². The second kappa shape index (κ2) is 8.70. The van der Waals surface area contributed by atoms with Gasteiger partial charge in [0.05, 0.1) is 10.6 Å². The van der Waals surface area contributed by atoms with Crippen LogP contribution in [0.15, 0.2) is 97.1 Å². The van der Waals surface area contributed by atoms with Gasteiger partial charge in [-0.05, 0) is 24.3 Å². The number of nitrogens with one attached hydrogen (secondary N) is 2. The van der Waals surface area contributed by atoms with Crippen LogP contribution in [-0.4, -0.2) is 15.0 Å². The average molecular weight is 554 g/mol. The fraction of sp³-hybridized carbons (Fsp3) is 0. The van der Waals surface area contributed by atoms with Crippen LogP contribution in [0.2, 0.25) is 0 Å². The molecule has 4 N–H and O–H groups in total. The Morgan fingerprint density at radius 3 is 1.38 bits per heavy atom. The molecule has 0 saturated carbocycles. The van der Waals surface area contributed by atoms with Crippen molar-refractivity contribution in [3.63, 3.8) is 0 Å². The maximum Gasteiger partial charge on any atom is 0.374 e. The summed E-state index contributed by atoms with van der Waals surface area (Å²) >= 11 is 0. The number of nitrogens with two attached hydrogens (primary N) is 1. The topological polar surface area (TPSA) is 141 Å². The minimum absolute atomic E-state index is 0.111. The van der Waals surface area contributed by atoms with Gasteiger partial charge in [0.25, 0.3) is 0 Å². The molecule has 0 aliphatic carbocycles. The predicted octanol–water partition coefficient (Wildman–Crippen LogP) is 5.43. The zero-order chi connectivity index (χ0) is 26.6. The third-order valence-corrected chi connectivity index (χ3v) is 10.3. The molecule has 1 aromatic heterocycles. The van der Waals surface area contributed by atoms with Gasteiger partial charge in [0.2, 0.25) is 17.8 Å². The number of fused-ring (bicyclic) bond motifs is 6. The highest BCUT2D eigenvalue weighted by molar-refractivity contribution is 7.69. The third-order valence-electron chi connectivity index (χ3n) is 6.40. The van der Waals surface area contributed by atoms with E-state index in [1.165, 1.54) is 0 Å². The van der Waals surface area contributed by atoms with Gasteiger partial charge in [0.15, 0.2) is 0 Å². The van der Waals surface area contributed by atoms with Crippen molar-refractivity contribution < 1.29 is 18.2 Å². The van der Waals surface area contributed by atoms with E-state index in [0.717, 1.165) is 22.3 Å². The van der Waals surface area contributed by atoms with Gasteiger partial charge in [-0.2, -0.15) is 15.0 Å². The van der Waals surface area contributed by atoms with Gasteiger partial charge in [-0.15, -0.1) is 0 Å². The third kappa shape index (κ3) is 3.93. The molecule has 7 rings (SSSR count). The molecule has 0 spiro atoms. The van der Waals surface area contributed by atoms with Crippen LogP contribution in [0.5, 0.6) is 11.5 Å². The van der Waals surface area contributed by atoms with Crippen molar-refractivity contribution in [1.29, 1.82) is 0 Å². The average Bonchev–Trinajstić information content (AvgIpc) is 2.93. The number of nitrogen functional groups attached to an aromatic ring is 1. The molecule has 2 atom stereocenters. The van der Waals surface area contributed by atoms with E-state index in [0.29, 0.717) is 22.1 Å². The van der Waals surface area contributed by atoms with Gasteiger partial charge < -0.3 is 14.8 Å². The molecule has 2 aliphatic rings. The summed E-state index contributed by atoms with van der Waals surface area (Å²) in [4.78, 5) is 12.6. The molecule has 192 valence electrons. The number of hydrogen-bond donors (Lipinski definition) is 3. The molecule has 4 aromatic carbocycles. The fourth-order valence-electron chi connectivity index (χ4n) is 4.75. The van der Waals surface area contributed by atoms with Crippen molar-refractivity contribution in [2.24, 2.45) is 0 Å². The summed E-state index contributed by atoms with van der Waals surface area (Å²) in [6.07, 6.45) is 0. The van der Waals surface area contributed by atoms with E-state index in [-0.39, 0.29) is 17.8 Å². The summed E-state index contributed by atoms with van der Waals surface area (Å²) in [7, 11) is -7.48. The molecule has 0 bridgehead atoms. The summed E-state index contributed by atoms with van der Waals surface area (Å²) in [6, 6.07) is 29.2. The molecular weight excluding hydrogens is 534 g/mol. The van der Waals surface area contributed by atoms with Crippen LogP contribution < -0.4 is 35.6 Å². The maximum absolute atomic E-state index is 14.2. The lowest BCUT2D eigenvalue weighted by Crippen LogP contribution is -2.25. The van der Waals surface area contributed by atoms with E-state index < -0.39 is 15.0 Å². The van der Waals surface area contributed by atoms with Crippen molar-refractivity contribution in [2.45, 2.75) is 0 Å². The normalized spacial score (nSPS) is 20.2. The van der Waals surface area contributed by atoms with Crippen LogP contribution in [0.4, 0.5) is 17.8 Å². The Morgan fingerprint density at radius 2 is 0.923 bits per heavy atom. The van der Waals surface area contributed by atoms with Crippen molar-refractivity contribution in [1.82, 2.24) is 15.0 Å². The predicted molar refractivity (Wildman–Crippen MR) is 151 cm³/mol. The smallest absolute Gasteiger partial charge is 0.374 e. The van der Waals surface area contributed by atoms with Crippen molar-refractivity contribution in [3.8, 4) is 33.8 Å². The Labute approximate surface area is 223 Å². The van der Waals surface area contributed by atoms with E-state index in [1.54, 1.807) is 48.5 Å². The molecule has 3 heterocycles. The Kier molecular flexibility index (Phi) is 5.23. The largest absolute Gasteiger partial charge is 0.425 e. The molecule has 12 heteroatoms. The van der Waals surface area contributed by atoms with Crippen molar-refractivity contribution in [3.05, 3.63) is 97.1 Å². The highest BCUT2D eigenvalue weighted by Gasteiger charge is 2.39. The van der Waals surface area contributed by atoms with Crippen LogP contribution in [0.25, 0.3) is 22.3 Å². The number of hydrogen-bond acceptors (Lipinski definition) is 8. The molecule has 5 aromatic rings. The van der Waals surface area contributed by atoms with Crippen LogP contribution in [0.3, 0.4) is 0 Å². The second-order valence-corrected chi connectivity index (χ2v) is 12.9. The second-order valence-electron chi connectivity index (χ2n) is 8.88. The van der Waals surface area contributed by atoms with Crippen molar-refractivity contribution in [2.75, 3.05) is 15.9 Å². The number of rotatable bonds is 4. The first-order valence-corrected chi connectivity index (χ1v) is 15.2. The highest BCUT2D eigenvalue weighted by atomic mass is 31.2. The van der Waals surface area contributed by atoms with Gasteiger partial charge in [-0.1, -0.05) is 72.8 Å². The van der Waals surface area contributed by atoms with E-state index in [9.17, 15) is 9.13 Å². The van der Waals surface area contributed by atoms with Crippen LogP contribution in [-0.2, 0) is 9.13 Å². The minimum atomic E-state index is -3.74. The Balaban J connectivity index is 1.26. The summed E-state index contributed by atoms with van der Waals surface area (Å²) in [6.45, 7) is 0. The number of para-hydroxylation sites is 2. The zero-order valence-corrected chi connectivity index (χ0v) is 22.0. The maximum atomic E-state index is 14.2. The first kappa shape index (κ1) is 23.5. The molecule has 0 amide bonds. The lowest BCUT2D eigenvalue weighted by molar-refractivity contribution is 0.495. The summed E-state index contributed by atoms with van der Waals surface area (Å²) in [5, 5.41) is 6.61. The lowest BCUT2D eigenvalue weighted by atomic mass is 10.0. The van der Waals surface area contributed by atoms with Crippen LogP contribution in [0, 0.1) is 0 Å². The van der Waals surface area contributed by atoms with Gasteiger partial charge in [-0.25, -0.2) is 9.13 Å². The number of nitrogens with zero attached hydrogens (tertiary/aromatic N) is 3. The molecule has 2 unspecified atom stereocenters. The molecule has 2 aliphatic heterocycles. The first-order chi connectivity index (χ1) is 18.9. The SMILES string of the molecule is Nc1nc(NP2(=O)Oc3ccccc3-c3ccccc32)nc(NP2(=O)Oc3ccccc3-c3ccccc32)n1. The first-order valence-electron chi connectivity index (χ1n) is 12.0. The van der Waals surface area contributed by atoms with Gasteiger partial charge in [-0.3, -0.25) is 10.2 Å². The Bertz CT molecular complexity index is 1750. The number of benzene rings is 4. The van der Waals surface area contributed by atoms with E-state index >= 15 is 0 Å². The molecule has 10 nitrogen and oxygen atoms in total. The summed E-state index contributed by atoms with van der Waals surface area (Å²) < 4.78 is 40.4. The molecule has 0 radical (unpaired) electrons. The minimum Gasteiger partial charge on any atom is -0.425 e. The summed E-state index contributed by atoms with van der Waals surface area (Å²) in [5.74, 6) is 0.523. The molecule has 0 saturated heterocycles. The van der Waals surface area contributed by atoms with Gasteiger partial charge >= 0.3 is 15.0 Å². The monoisotopic (exact) mass is 554 g/mol. The molecular formula is C27H20N6O4P2. The van der Waals surface area contributed by atoms with E-state index in [1.807, 2.05) is 48.5 Å².